The third-order valence-corrected chi connectivity index (χ3v) is 1.62. The smallest absolute Gasteiger partial charge is 0.269 e. The summed E-state index contributed by atoms with van der Waals surface area (Å²) in [5.41, 5.74) is 0. The topological polar surface area (TPSA) is 49.8 Å². The molecule has 0 bridgehead atoms. The molecule has 14 heavy (non-hydrogen) atoms. The number of nitrogens with zero attached hydrogens (tertiary/aromatic N) is 1. The third kappa shape index (κ3) is 6.39. The van der Waals surface area contributed by atoms with E-state index in [0.717, 1.165) is 17.9 Å². The first-order chi connectivity index (χ1) is 6.72. The van der Waals surface area contributed by atoms with Crippen LogP contribution < -0.4 is 0 Å². The maximum absolute atomic E-state index is 11.1. The molecule has 0 aromatic heterocycles. The van der Waals surface area contributed by atoms with Gasteiger partial charge in [-0.15, -0.1) is 0 Å². The van der Waals surface area contributed by atoms with E-state index in [4.69, 9.17) is 9.94 Å². The Bertz CT molecular complexity index is 211. The van der Waals surface area contributed by atoms with Crippen LogP contribution in [0.25, 0.3) is 0 Å². The lowest BCUT2D eigenvalue weighted by molar-refractivity contribution is -0.162. The number of unbranched alkanes of at least 4 members (excludes halogenated alkanes) is 1. The van der Waals surface area contributed by atoms with E-state index in [1.165, 1.54) is 13.2 Å². The zero-order valence-corrected chi connectivity index (χ0v) is 8.64. The maximum Gasteiger partial charge on any atom is 0.269 e. The fourth-order valence-corrected chi connectivity index (χ4v) is 0.764. The zero-order valence-electron chi connectivity index (χ0n) is 8.64. The van der Waals surface area contributed by atoms with Gasteiger partial charge in [-0.3, -0.25) is 9.63 Å². The number of rotatable bonds is 6. The highest BCUT2D eigenvalue weighted by atomic mass is 16.7. The number of carbonyl (C=O) groups excluding carboxylic acids is 1. The molecule has 1 N–H and O–H groups in total. The van der Waals surface area contributed by atoms with Gasteiger partial charge in [-0.25, -0.2) is 5.06 Å². The molecule has 0 saturated heterocycles. The predicted octanol–water partition coefficient (Wildman–Crippen LogP) is 0.891. The largest absolute Gasteiger partial charge is 0.392 e. The molecule has 0 fully saturated rings. The molecule has 0 rings (SSSR count). The number of allylic oxidation sites excluding steroid dienone is 2. The molecule has 0 aliphatic rings. The predicted molar refractivity (Wildman–Crippen MR) is 54.4 cm³/mol. The summed E-state index contributed by atoms with van der Waals surface area (Å²) in [6, 6.07) is 0. The molecule has 0 aromatic rings. The van der Waals surface area contributed by atoms with E-state index in [0.29, 0.717) is 0 Å². The highest BCUT2D eigenvalue weighted by Crippen LogP contribution is 1.94. The first-order valence-electron chi connectivity index (χ1n) is 4.46. The summed E-state index contributed by atoms with van der Waals surface area (Å²) in [5, 5.41) is 9.59. The van der Waals surface area contributed by atoms with Crippen LogP contribution in [0.3, 0.4) is 0 Å². The van der Waals surface area contributed by atoms with Crippen LogP contribution in [0.5, 0.6) is 0 Å². The second-order valence-electron chi connectivity index (χ2n) is 2.65. The third-order valence-electron chi connectivity index (χ3n) is 1.62. The summed E-state index contributed by atoms with van der Waals surface area (Å²) in [4.78, 5) is 15.8. The summed E-state index contributed by atoms with van der Waals surface area (Å²) >= 11 is 0. The summed E-state index contributed by atoms with van der Waals surface area (Å²) < 4.78 is 0. The van der Waals surface area contributed by atoms with Crippen LogP contribution in [0.15, 0.2) is 24.3 Å². The normalized spacial score (nSPS) is 11.4. The van der Waals surface area contributed by atoms with E-state index in [9.17, 15) is 4.79 Å². The van der Waals surface area contributed by atoms with Crippen LogP contribution >= 0.6 is 0 Å². The molecule has 0 heterocycles. The molecule has 4 nitrogen and oxygen atoms in total. The van der Waals surface area contributed by atoms with Gasteiger partial charge in [0.15, 0.2) is 0 Å². The Morgan fingerprint density at radius 2 is 2.00 bits per heavy atom. The van der Waals surface area contributed by atoms with Crippen LogP contribution in [0.2, 0.25) is 0 Å². The van der Waals surface area contributed by atoms with Crippen molar-refractivity contribution in [2.45, 2.75) is 12.8 Å². The van der Waals surface area contributed by atoms with Crippen molar-refractivity contribution in [1.29, 1.82) is 0 Å². The van der Waals surface area contributed by atoms with Crippen molar-refractivity contribution in [3.63, 3.8) is 0 Å². The SMILES string of the molecule is CON(C)C(=O)/C=C/CC/C=C/CO. The molecule has 80 valence electrons. The van der Waals surface area contributed by atoms with E-state index in [2.05, 4.69) is 0 Å². The fraction of sp³-hybridized carbons (Fsp3) is 0.500. The molecular weight excluding hydrogens is 182 g/mol. The Balaban J connectivity index is 3.62. The van der Waals surface area contributed by atoms with Crippen molar-refractivity contribution in [1.82, 2.24) is 5.06 Å². The van der Waals surface area contributed by atoms with E-state index in [1.807, 2.05) is 6.08 Å². The van der Waals surface area contributed by atoms with E-state index < -0.39 is 0 Å². The standard InChI is InChI=1S/C10H17NO3/c1-11(14-2)10(13)8-6-4-3-5-7-9-12/h5-8,12H,3-4,9H2,1-2H3/b7-5+,8-6+. The molecule has 4 heteroatoms. The second kappa shape index (κ2) is 8.47. The number of aliphatic hydroxyl groups is 1. The zero-order chi connectivity index (χ0) is 10.8. The highest BCUT2D eigenvalue weighted by Gasteiger charge is 2.00. The lowest BCUT2D eigenvalue weighted by Gasteiger charge is -2.09. The van der Waals surface area contributed by atoms with Crippen molar-refractivity contribution < 1.29 is 14.7 Å². The van der Waals surface area contributed by atoms with Crippen LogP contribution in [-0.2, 0) is 9.63 Å². The van der Waals surface area contributed by atoms with Gasteiger partial charge in [0.25, 0.3) is 5.91 Å². The Labute approximate surface area is 84.4 Å². The summed E-state index contributed by atoms with van der Waals surface area (Å²) in [5.74, 6) is -0.182. The van der Waals surface area contributed by atoms with Crippen molar-refractivity contribution in [2.24, 2.45) is 0 Å². The number of aliphatic hydroxyl groups excluding tert-OH is 1. The Morgan fingerprint density at radius 1 is 1.36 bits per heavy atom. The van der Waals surface area contributed by atoms with Gasteiger partial charge in [-0.1, -0.05) is 18.2 Å². The summed E-state index contributed by atoms with van der Waals surface area (Å²) in [6.45, 7) is 0.0645. The number of hydroxylamine groups is 2. The van der Waals surface area contributed by atoms with Gasteiger partial charge >= 0.3 is 0 Å². The number of hydrogen-bond acceptors (Lipinski definition) is 3. The van der Waals surface area contributed by atoms with Crippen molar-refractivity contribution >= 4 is 5.91 Å². The molecule has 0 aromatic carbocycles. The number of likely N-dealkylation sites (N-methyl/N-ethyl adjacent to an activating group) is 1. The summed E-state index contributed by atoms with van der Waals surface area (Å²) in [6.07, 6.45) is 8.39. The average molecular weight is 199 g/mol. The lowest BCUT2D eigenvalue weighted by atomic mass is 10.2. The molecule has 0 aliphatic heterocycles. The quantitative estimate of drug-likeness (QED) is 0.299. The second-order valence-corrected chi connectivity index (χ2v) is 2.65. The van der Waals surface area contributed by atoms with Crippen LogP contribution in [0.1, 0.15) is 12.8 Å². The molecule has 1 amide bonds. The van der Waals surface area contributed by atoms with Gasteiger partial charge in [-0.2, -0.15) is 0 Å². The molecule has 0 atom stereocenters. The highest BCUT2D eigenvalue weighted by molar-refractivity contribution is 5.86. The molecular formula is C10H17NO3. The first-order valence-corrected chi connectivity index (χ1v) is 4.46. The van der Waals surface area contributed by atoms with Gasteiger partial charge in [0.2, 0.25) is 0 Å². The van der Waals surface area contributed by atoms with Gasteiger partial charge in [0, 0.05) is 13.1 Å². The molecule has 0 unspecified atom stereocenters. The maximum atomic E-state index is 11.1. The van der Waals surface area contributed by atoms with Crippen LogP contribution in [-0.4, -0.2) is 36.8 Å². The van der Waals surface area contributed by atoms with Gasteiger partial charge in [0.05, 0.1) is 13.7 Å². The average Bonchev–Trinajstić information content (AvgIpc) is 2.21. The van der Waals surface area contributed by atoms with E-state index >= 15 is 0 Å². The molecule has 0 saturated carbocycles. The van der Waals surface area contributed by atoms with Crippen LogP contribution in [0.4, 0.5) is 0 Å². The first kappa shape index (κ1) is 12.9. The molecule has 0 spiro atoms. The fourth-order valence-electron chi connectivity index (χ4n) is 0.764. The van der Waals surface area contributed by atoms with E-state index in [1.54, 1.807) is 19.2 Å². The van der Waals surface area contributed by atoms with Gasteiger partial charge < -0.3 is 5.11 Å². The number of hydrogen-bond donors (Lipinski definition) is 1. The van der Waals surface area contributed by atoms with Crippen molar-refractivity contribution in [3.8, 4) is 0 Å². The summed E-state index contributed by atoms with van der Waals surface area (Å²) in [7, 11) is 2.99. The monoisotopic (exact) mass is 199 g/mol. The number of carbonyl (C=O) groups is 1. The minimum atomic E-state index is -0.182. The van der Waals surface area contributed by atoms with Gasteiger partial charge in [0.1, 0.15) is 0 Å². The van der Waals surface area contributed by atoms with E-state index in [-0.39, 0.29) is 12.5 Å². The van der Waals surface area contributed by atoms with Crippen LogP contribution in [0, 0.1) is 0 Å². The Morgan fingerprint density at radius 3 is 2.57 bits per heavy atom. The molecule has 0 aliphatic carbocycles. The lowest BCUT2D eigenvalue weighted by Crippen LogP contribution is -2.22. The Kier molecular flexibility index (Phi) is 7.78. The van der Waals surface area contributed by atoms with Crippen molar-refractivity contribution in [2.75, 3.05) is 20.8 Å². The number of amides is 1. The van der Waals surface area contributed by atoms with Crippen molar-refractivity contribution in [3.05, 3.63) is 24.3 Å². The minimum Gasteiger partial charge on any atom is -0.392 e. The Hall–Kier alpha value is -1.13. The van der Waals surface area contributed by atoms with Gasteiger partial charge in [-0.05, 0) is 12.8 Å². The minimum absolute atomic E-state index is 0.0645. The molecule has 0 radical (unpaired) electrons.